The van der Waals surface area contributed by atoms with Gasteiger partial charge in [-0.05, 0) is 76.9 Å². The van der Waals surface area contributed by atoms with Crippen molar-refractivity contribution < 1.29 is 36.2 Å². The maximum atomic E-state index is 12.1. The molecule has 0 saturated heterocycles. The lowest BCUT2D eigenvalue weighted by Gasteiger charge is -2.08. The Morgan fingerprint density at radius 1 is 0.526 bits per heavy atom. The van der Waals surface area contributed by atoms with Crippen molar-refractivity contribution in [3.8, 4) is 22.6 Å². The van der Waals surface area contributed by atoms with E-state index in [9.17, 15) is 36.2 Å². The average Bonchev–Trinajstić information content (AvgIpc) is 2.87. The molecule has 0 spiro atoms. The third kappa shape index (κ3) is 6.49. The number of rotatable bonds is 7. The smallest absolute Gasteiger partial charge is 0.295 e. The van der Waals surface area contributed by atoms with E-state index in [2.05, 4.69) is 10.2 Å². The summed E-state index contributed by atoms with van der Waals surface area (Å²) in [5.41, 5.74) is 1.64. The van der Waals surface area contributed by atoms with Crippen LogP contribution in [0.5, 0.6) is 11.5 Å². The molecule has 0 atom stereocenters. The molecular weight excluding hydrogens is 532 g/mol. The molecule has 194 valence electrons. The topological polar surface area (TPSA) is 174 Å². The van der Waals surface area contributed by atoms with Crippen LogP contribution in [-0.4, -0.2) is 36.2 Å². The minimum Gasteiger partial charge on any atom is -0.508 e. The van der Waals surface area contributed by atoms with E-state index in [1.165, 1.54) is 72.8 Å². The molecule has 38 heavy (non-hydrogen) atoms. The summed E-state index contributed by atoms with van der Waals surface area (Å²) in [6, 6.07) is 20.0. The molecule has 4 aromatic rings. The third-order valence-electron chi connectivity index (χ3n) is 5.34. The molecule has 0 fully saturated rings. The summed E-state index contributed by atoms with van der Waals surface area (Å²) in [6.45, 7) is 0. The SMILES string of the molecule is O=S(=O)(O)c1cc(N=Nc2ccc(O)cc2)ccc1/C=C/c1ccc(-c2ccc(O)cc2)cc1S(=O)(=O)O. The number of aromatic hydroxyl groups is 2. The molecule has 0 bridgehead atoms. The van der Waals surface area contributed by atoms with Crippen molar-refractivity contribution in [2.45, 2.75) is 9.79 Å². The van der Waals surface area contributed by atoms with E-state index in [1.807, 2.05) is 0 Å². The summed E-state index contributed by atoms with van der Waals surface area (Å²) < 4.78 is 67.8. The standard InChI is InChI=1S/C26H20N2O8S2/c29-23-11-6-17(7-12-23)20-4-3-18(25(15-20)37(31,32)33)1-2-19-5-8-22(16-26(19)38(34,35)36)28-27-21-9-13-24(30)14-10-21/h1-16,29-30H,(H,31,32,33)(H,34,35,36)/b2-1+,28-27?. The predicted octanol–water partition coefficient (Wildman–Crippen LogP) is 5.84. The van der Waals surface area contributed by atoms with Crippen molar-refractivity contribution in [1.82, 2.24) is 0 Å². The molecule has 0 aliphatic rings. The first kappa shape index (κ1) is 26.7. The van der Waals surface area contributed by atoms with E-state index in [1.54, 1.807) is 18.2 Å². The number of benzene rings is 4. The van der Waals surface area contributed by atoms with E-state index in [0.29, 0.717) is 16.8 Å². The van der Waals surface area contributed by atoms with Gasteiger partial charge in [0.15, 0.2) is 0 Å². The van der Waals surface area contributed by atoms with Crippen LogP contribution >= 0.6 is 0 Å². The summed E-state index contributed by atoms with van der Waals surface area (Å²) in [4.78, 5) is -0.919. The summed E-state index contributed by atoms with van der Waals surface area (Å²) in [5, 5.41) is 26.7. The van der Waals surface area contributed by atoms with Gasteiger partial charge in [0.1, 0.15) is 21.3 Å². The molecule has 0 aliphatic heterocycles. The molecule has 0 aliphatic carbocycles. The fraction of sp³-hybridized carbons (Fsp3) is 0. The first-order valence-corrected chi connectivity index (χ1v) is 13.7. The Hall–Kier alpha value is -4.36. The Morgan fingerprint density at radius 2 is 0.947 bits per heavy atom. The Bertz CT molecular complexity index is 1760. The van der Waals surface area contributed by atoms with Gasteiger partial charge in [-0.3, -0.25) is 9.11 Å². The summed E-state index contributed by atoms with van der Waals surface area (Å²) in [6.07, 6.45) is 2.56. The van der Waals surface area contributed by atoms with Gasteiger partial charge in [0.05, 0.1) is 11.4 Å². The van der Waals surface area contributed by atoms with Gasteiger partial charge in [-0.2, -0.15) is 27.1 Å². The minimum absolute atomic E-state index is 0.0278. The van der Waals surface area contributed by atoms with E-state index < -0.39 is 30.0 Å². The van der Waals surface area contributed by atoms with Crippen LogP contribution in [0.3, 0.4) is 0 Å². The van der Waals surface area contributed by atoms with Crippen molar-refractivity contribution in [3.05, 3.63) is 96.1 Å². The zero-order valence-electron chi connectivity index (χ0n) is 19.4. The van der Waals surface area contributed by atoms with Crippen molar-refractivity contribution in [3.63, 3.8) is 0 Å². The summed E-state index contributed by atoms with van der Waals surface area (Å²) >= 11 is 0. The van der Waals surface area contributed by atoms with Crippen LogP contribution < -0.4 is 0 Å². The average molecular weight is 553 g/mol. The van der Waals surface area contributed by atoms with Crippen LogP contribution in [0.25, 0.3) is 23.3 Å². The van der Waals surface area contributed by atoms with Gasteiger partial charge < -0.3 is 10.2 Å². The van der Waals surface area contributed by atoms with Gasteiger partial charge in [0.25, 0.3) is 20.2 Å². The number of phenolic OH excluding ortho intramolecular Hbond substituents is 2. The van der Waals surface area contributed by atoms with Gasteiger partial charge in [0, 0.05) is 0 Å². The lowest BCUT2D eigenvalue weighted by molar-refractivity contribution is 0.475. The van der Waals surface area contributed by atoms with E-state index in [0.717, 1.165) is 6.07 Å². The highest BCUT2D eigenvalue weighted by molar-refractivity contribution is 7.86. The number of hydrogen-bond acceptors (Lipinski definition) is 8. The van der Waals surface area contributed by atoms with Crippen LogP contribution in [-0.2, 0) is 20.2 Å². The largest absolute Gasteiger partial charge is 0.508 e. The summed E-state index contributed by atoms with van der Waals surface area (Å²) in [7, 11) is -9.38. The zero-order valence-corrected chi connectivity index (χ0v) is 21.0. The fourth-order valence-corrected chi connectivity index (χ4v) is 4.90. The Morgan fingerprint density at radius 3 is 1.50 bits per heavy atom. The van der Waals surface area contributed by atoms with E-state index in [4.69, 9.17) is 0 Å². The van der Waals surface area contributed by atoms with Crippen molar-refractivity contribution in [1.29, 1.82) is 0 Å². The highest BCUT2D eigenvalue weighted by Crippen LogP contribution is 2.30. The molecule has 10 nitrogen and oxygen atoms in total. The Balaban J connectivity index is 1.71. The van der Waals surface area contributed by atoms with Crippen molar-refractivity contribution in [2.75, 3.05) is 0 Å². The highest BCUT2D eigenvalue weighted by Gasteiger charge is 2.18. The van der Waals surface area contributed by atoms with Crippen LogP contribution in [0.2, 0.25) is 0 Å². The van der Waals surface area contributed by atoms with Gasteiger partial charge in [-0.25, -0.2) is 0 Å². The molecule has 4 aromatic carbocycles. The molecular formula is C26H20N2O8S2. The molecule has 4 N–H and O–H groups in total. The van der Waals surface area contributed by atoms with Crippen LogP contribution in [0.4, 0.5) is 11.4 Å². The molecule has 0 unspecified atom stereocenters. The van der Waals surface area contributed by atoms with Crippen LogP contribution in [0, 0.1) is 0 Å². The van der Waals surface area contributed by atoms with Crippen molar-refractivity contribution >= 4 is 43.8 Å². The van der Waals surface area contributed by atoms with Gasteiger partial charge >= 0.3 is 0 Å². The first-order valence-electron chi connectivity index (χ1n) is 10.8. The number of phenols is 2. The van der Waals surface area contributed by atoms with Gasteiger partial charge in [-0.15, -0.1) is 0 Å². The predicted molar refractivity (Wildman–Crippen MR) is 141 cm³/mol. The zero-order chi connectivity index (χ0) is 27.5. The molecule has 0 heterocycles. The van der Waals surface area contributed by atoms with Crippen LogP contribution in [0.1, 0.15) is 11.1 Å². The molecule has 0 saturated carbocycles. The monoisotopic (exact) mass is 552 g/mol. The van der Waals surface area contributed by atoms with Gasteiger partial charge in [-0.1, -0.05) is 42.5 Å². The second-order valence-corrected chi connectivity index (χ2v) is 10.8. The molecule has 0 radical (unpaired) electrons. The number of nitrogens with zero attached hydrogens (tertiary/aromatic N) is 2. The first-order chi connectivity index (χ1) is 17.9. The highest BCUT2D eigenvalue weighted by atomic mass is 32.2. The normalized spacial score (nSPS) is 12.4. The quantitative estimate of drug-likeness (QED) is 0.126. The number of hydrogen-bond donors (Lipinski definition) is 4. The molecule has 0 amide bonds. The maximum absolute atomic E-state index is 12.1. The lowest BCUT2D eigenvalue weighted by Crippen LogP contribution is -2.02. The van der Waals surface area contributed by atoms with Gasteiger partial charge in [0.2, 0.25) is 0 Å². The second-order valence-electron chi connectivity index (χ2n) is 8.02. The Kier molecular flexibility index (Phi) is 7.41. The van der Waals surface area contributed by atoms with Crippen LogP contribution in [0.15, 0.2) is 105 Å². The minimum atomic E-state index is -4.71. The molecule has 0 aromatic heterocycles. The fourth-order valence-electron chi connectivity index (χ4n) is 3.49. The Labute approximate surface area is 218 Å². The summed E-state index contributed by atoms with van der Waals surface area (Å²) in [5.74, 6) is 0.0756. The molecule has 4 rings (SSSR count). The van der Waals surface area contributed by atoms with E-state index in [-0.39, 0.29) is 28.3 Å². The number of azo groups is 1. The second kappa shape index (κ2) is 10.6. The third-order valence-corrected chi connectivity index (χ3v) is 7.16. The van der Waals surface area contributed by atoms with Crippen molar-refractivity contribution in [2.24, 2.45) is 10.2 Å². The molecule has 12 heteroatoms. The maximum Gasteiger partial charge on any atom is 0.295 e. The lowest BCUT2D eigenvalue weighted by atomic mass is 10.0. The van der Waals surface area contributed by atoms with E-state index >= 15 is 0 Å².